The Hall–Kier alpha value is -0.860. The maximum atomic E-state index is 9.28. The van der Waals surface area contributed by atoms with Gasteiger partial charge in [-0.3, -0.25) is 0 Å². The average Bonchev–Trinajstić information content (AvgIpc) is 2.25. The van der Waals surface area contributed by atoms with Crippen molar-refractivity contribution in [2.45, 2.75) is 39.2 Å². The van der Waals surface area contributed by atoms with Gasteiger partial charge in [-0.25, -0.2) is 0 Å². The van der Waals surface area contributed by atoms with Crippen molar-refractivity contribution in [1.82, 2.24) is 5.32 Å². The van der Waals surface area contributed by atoms with Gasteiger partial charge in [0.2, 0.25) is 0 Å². The molecule has 0 bridgehead atoms. The fourth-order valence-corrected chi connectivity index (χ4v) is 1.75. The van der Waals surface area contributed by atoms with E-state index < -0.39 is 0 Å². The molecule has 1 atom stereocenters. The van der Waals surface area contributed by atoms with Crippen molar-refractivity contribution in [3.63, 3.8) is 0 Å². The quantitative estimate of drug-likeness (QED) is 0.819. The Kier molecular flexibility index (Phi) is 4.51. The molecule has 0 aliphatic rings. The molecule has 1 rings (SSSR count). The molecule has 16 heavy (non-hydrogen) atoms. The zero-order chi connectivity index (χ0) is 12.2. The summed E-state index contributed by atoms with van der Waals surface area (Å²) < 4.78 is 0. The van der Waals surface area contributed by atoms with E-state index in [4.69, 9.17) is 0 Å². The molecule has 1 aromatic carbocycles. The van der Waals surface area contributed by atoms with Crippen LogP contribution in [0.15, 0.2) is 24.3 Å². The zero-order valence-electron chi connectivity index (χ0n) is 10.7. The van der Waals surface area contributed by atoms with Crippen LogP contribution in [0.2, 0.25) is 0 Å². The lowest BCUT2D eigenvalue weighted by Gasteiger charge is -2.21. The van der Waals surface area contributed by atoms with Gasteiger partial charge in [0.15, 0.2) is 0 Å². The molecule has 0 saturated carbocycles. The van der Waals surface area contributed by atoms with Crippen LogP contribution in [0, 0.1) is 0 Å². The van der Waals surface area contributed by atoms with Crippen LogP contribution >= 0.6 is 0 Å². The maximum absolute atomic E-state index is 9.28. The summed E-state index contributed by atoms with van der Waals surface area (Å²) in [5.41, 5.74) is 2.66. The largest absolute Gasteiger partial charge is 0.394 e. The van der Waals surface area contributed by atoms with Crippen LogP contribution in [-0.2, 0) is 5.41 Å². The number of benzene rings is 1. The maximum Gasteiger partial charge on any atom is 0.0626 e. The second-order valence-corrected chi connectivity index (χ2v) is 5.16. The van der Waals surface area contributed by atoms with E-state index in [1.54, 1.807) is 0 Å². The van der Waals surface area contributed by atoms with Crippen LogP contribution in [0.4, 0.5) is 0 Å². The molecule has 2 heteroatoms. The highest BCUT2D eigenvalue weighted by atomic mass is 16.3. The minimum absolute atomic E-state index is 0.0546. The first kappa shape index (κ1) is 13.2. The van der Waals surface area contributed by atoms with Crippen molar-refractivity contribution in [2.75, 3.05) is 13.2 Å². The highest BCUT2D eigenvalue weighted by Crippen LogP contribution is 2.23. The first-order valence-electron chi connectivity index (χ1n) is 5.93. The minimum atomic E-state index is 0.0546. The smallest absolute Gasteiger partial charge is 0.0626 e. The Morgan fingerprint density at radius 3 is 2.12 bits per heavy atom. The molecule has 0 fully saturated rings. The van der Waals surface area contributed by atoms with E-state index in [1.165, 1.54) is 5.56 Å². The van der Waals surface area contributed by atoms with Crippen LogP contribution in [-0.4, -0.2) is 18.3 Å². The molecule has 0 aliphatic heterocycles. The third-order valence-electron chi connectivity index (χ3n) is 2.81. The number of likely N-dealkylation sites (N-methyl/N-ethyl adjacent to an activating group) is 1. The van der Waals surface area contributed by atoms with Gasteiger partial charge in [-0.1, -0.05) is 52.0 Å². The molecule has 0 aromatic heterocycles. The summed E-state index contributed by atoms with van der Waals surface area (Å²) in [6.45, 7) is 9.67. The highest BCUT2D eigenvalue weighted by Gasteiger charge is 2.14. The standard InChI is InChI=1S/C14H23NO/c1-5-15-13(10-16)11-6-8-12(9-7-11)14(2,3)4/h6-9,13,15-16H,5,10H2,1-4H3. The molecular formula is C14H23NO. The monoisotopic (exact) mass is 221 g/mol. The summed E-state index contributed by atoms with van der Waals surface area (Å²) in [4.78, 5) is 0. The van der Waals surface area contributed by atoms with Gasteiger partial charge in [0.25, 0.3) is 0 Å². The predicted octanol–water partition coefficient (Wildman–Crippen LogP) is 2.63. The fraction of sp³-hybridized carbons (Fsp3) is 0.571. The van der Waals surface area contributed by atoms with E-state index in [9.17, 15) is 5.11 Å². The lowest BCUT2D eigenvalue weighted by atomic mass is 9.86. The Balaban J connectivity index is 2.85. The van der Waals surface area contributed by atoms with Crippen molar-refractivity contribution in [1.29, 1.82) is 0 Å². The van der Waals surface area contributed by atoms with Gasteiger partial charge < -0.3 is 10.4 Å². The SMILES string of the molecule is CCNC(CO)c1ccc(C(C)(C)C)cc1. The van der Waals surface area contributed by atoms with Crippen LogP contribution < -0.4 is 5.32 Å². The van der Waals surface area contributed by atoms with Gasteiger partial charge in [-0.15, -0.1) is 0 Å². The van der Waals surface area contributed by atoms with Gasteiger partial charge in [0.1, 0.15) is 0 Å². The second kappa shape index (κ2) is 5.46. The molecule has 0 saturated heterocycles. The lowest BCUT2D eigenvalue weighted by molar-refractivity contribution is 0.246. The van der Waals surface area contributed by atoms with Gasteiger partial charge in [0, 0.05) is 0 Å². The normalized spacial score (nSPS) is 13.8. The molecule has 0 radical (unpaired) electrons. The van der Waals surface area contributed by atoms with Crippen molar-refractivity contribution in [3.8, 4) is 0 Å². The van der Waals surface area contributed by atoms with Gasteiger partial charge in [-0.05, 0) is 23.1 Å². The summed E-state index contributed by atoms with van der Waals surface area (Å²) >= 11 is 0. The molecule has 1 unspecified atom stereocenters. The van der Waals surface area contributed by atoms with E-state index >= 15 is 0 Å². The number of hydrogen-bond acceptors (Lipinski definition) is 2. The fourth-order valence-electron chi connectivity index (χ4n) is 1.75. The first-order valence-corrected chi connectivity index (χ1v) is 5.93. The topological polar surface area (TPSA) is 32.3 Å². The molecule has 2 N–H and O–H groups in total. The van der Waals surface area contributed by atoms with Crippen molar-refractivity contribution >= 4 is 0 Å². The number of rotatable bonds is 4. The van der Waals surface area contributed by atoms with Gasteiger partial charge in [-0.2, -0.15) is 0 Å². The average molecular weight is 221 g/mol. The van der Waals surface area contributed by atoms with Crippen molar-refractivity contribution in [2.24, 2.45) is 0 Å². The third kappa shape index (κ3) is 3.32. The molecule has 0 heterocycles. The van der Waals surface area contributed by atoms with Gasteiger partial charge in [0.05, 0.1) is 12.6 Å². The van der Waals surface area contributed by atoms with Crippen LogP contribution in [0.3, 0.4) is 0 Å². The van der Waals surface area contributed by atoms with Crippen LogP contribution in [0.25, 0.3) is 0 Å². The number of nitrogens with one attached hydrogen (secondary N) is 1. The predicted molar refractivity (Wildman–Crippen MR) is 68.6 cm³/mol. The molecule has 90 valence electrons. The van der Waals surface area contributed by atoms with E-state index in [0.717, 1.165) is 12.1 Å². The second-order valence-electron chi connectivity index (χ2n) is 5.16. The third-order valence-corrected chi connectivity index (χ3v) is 2.81. The lowest BCUT2D eigenvalue weighted by Crippen LogP contribution is -2.24. The Morgan fingerprint density at radius 2 is 1.75 bits per heavy atom. The number of aliphatic hydroxyl groups is 1. The summed E-state index contributed by atoms with van der Waals surface area (Å²) in [5.74, 6) is 0. The summed E-state index contributed by atoms with van der Waals surface area (Å²) in [6, 6.07) is 8.55. The van der Waals surface area contributed by atoms with Crippen molar-refractivity contribution < 1.29 is 5.11 Å². The van der Waals surface area contributed by atoms with E-state index in [2.05, 4.69) is 50.4 Å². The van der Waals surface area contributed by atoms with Crippen LogP contribution in [0.5, 0.6) is 0 Å². The molecule has 1 aromatic rings. The van der Waals surface area contributed by atoms with Gasteiger partial charge >= 0.3 is 0 Å². The van der Waals surface area contributed by atoms with Crippen molar-refractivity contribution in [3.05, 3.63) is 35.4 Å². The van der Waals surface area contributed by atoms with Crippen LogP contribution in [0.1, 0.15) is 44.9 Å². The molecule has 0 aliphatic carbocycles. The first-order chi connectivity index (χ1) is 7.49. The molecule has 0 amide bonds. The molecular weight excluding hydrogens is 198 g/mol. The zero-order valence-corrected chi connectivity index (χ0v) is 10.7. The van der Waals surface area contributed by atoms with E-state index in [0.29, 0.717) is 0 Å². The van der Waals surface area contributed by atoms with E-state index in [-0.39, 0.29) is 18.1 Å². The molecule has 0 spiro atoms. The Bertz CT molecular complexity index is 311. The molecule has 2 nitrogen and oxygen atoms in total. The Labute approximate surface area is 98.7 Å². The van der Waals surface area contributed by atoms with E-state index in [1.807, 2.05) is 6.92 Å². The highest BCUT2D eigenvalue weighted by molar-refractivity contribution is 5.29. The number of hydrogen-bond donors (Lipinski definition) is 2. The summed E-state index contributed by atoms with van der Waals surface area (Å²) in [5, 5.41) is 12.5. The number of aliphatic hydroxyl groups excluding tert-OH is 1. The summed E-state index contributed by atoms with van der Waals surface area (Å²) in [6.07, 6.45) is 0. The minimum Gasteiger partial charge on any atom is -0.394 e. The Morgan fingerprint density at radius 1 is 1.19 bits per heavy atom. The summed E-state index contributed by atoms with van der Waals surface area (Å²) in [7, 11) is 0.